The number of hydrogen-bond donors (Lipinski definition) is 1. The van der Waals surface area contributed by atoms with E-state index in [1.165, 1.54) is 38.3 Å². The van der Waals surface area contributed by atoms with Crippen LogP contribution < -0.4 is 5.32 Å². The average molecular weight is 234 g/mol. The summed E-state index contributed by atoms with van der Waals surface area (Å²) in [5, 5.41) is 3.14. The number of nitrogens with one attached hydrogen (secondary N) is 1. The SMILES string of the molecule is O=C(N[C@H]1CCN2CCCC[C@@H]12)c1ccoc1. The summed E-state index contributed by atoms with van der Waals surface area (Å²) >= 11 is 0. The molecule has 92 valence electrons. The lowest BCUT2D eigenvalue weighted by Crippen LogP contribution is -2.46. The maximum atomic E-state index is 11.9. The number of fused-ring (bicyclic) bond motifs is 1. The second kappa shape index (κ2) is 4.53. The maximum Gasteiger partial charge on any atom is 0.254 e. The Morgan fingerprint density at radius 1 is 1.35 bits per heavy atom. The highest BCUT2D eigenvalue weighted by atomic mass is 16.3. The molecule has 0 bridgehead atoms. The van der Waals surface area contributed by atoms with E-state index in [4.69, 9.17) is 4.42 Å². The molecule has 2 fully saturated rings. The molecule has 4 heteroatoms. The minimum Gasteiger partial charge on any atom is -0.472 e. The molecule has 3 rings (SSSR count). The van der Waals surface area contributed by atoms with Crippen LogP contribution in [0.5, 0.6) is 0 Å². The van der Waals surface area contributed by atoms with Crippen LogP contribution >= 0.6 is 0 Å². The Hall–Kier alpha value is -1.29. The molecule has 4 nitrogen and oxygen atoms in total. The number of hydrogen-bond acceptors (Lipinski definition) is 3. The van der Waals surface area contributed by atoms with Gasteiger partial charge in [-0.3, -0.25) is 9.69 Å². The third-order valence-corrected chi connectivity index (χ3v) is 3.96. The van der Waals surface area contributed by atoms with Gasteiger partial charge in [-0.05, 0) is 31.9 Å². The molecule has 0 radical (unpaired) electrons. The third kappa shape index (κ3) is 2.09. The molecule has 1 N–H and O–H groups in total. The van der Waals surface area contributed by atoms with Crippen LogP contribution in [0.25, 0.3) is 0 Å². The molecule has 2 saturated heterocycles. The van der Waals surface area contributed by atoms with Gasteiger partial charge < -0.3 is 9.73 Å². The first-order valence-electron chi connectivity index (χ1n) is 6.42. The van der Waals surface area contributed by atoms with E-state index >= 15 is 0 Å². The van der Waals surface area contributed by atoms with Crippen LogP contribution in [0.1, 0.15) is 36.0 Å². The largest absolute Gasteiger partial charge is 0.472 e. The summed E-state index contributed by atoms with van der Waals surface area (Å²) in [6.07, 6.45) is 7.93. The molecule has 2 aliphatic heterocycles. The van der Waals surface area contributed by atoms with Crippen LogP contribution in [0.15, 0.2) is 23.0 Å². The fourth-order valence-electron chi connectivity index (χ4n) is 3.06. The van der Waals surface area contributed by atoms with E-state index in [9.17, 15) is 4.79 Å². The van der Waals surface area contributed by atoms with Crippen molar-refractivity contribution in [3.8, 4) is 0 Å². The van der Waals surface area contributed by atoms with Gasteiger partial charge in [-0.15, -0.1) is 0 Å². The topological polar surface area (TPSA) is 45.5 Å². The minimum absolute atomic E-state index is 0.00354. The Bertz CT molecular complexity index is 388. The van der Waals surface area contributed by atoms with E-state index in [2.05, 4.69) is 10.2 Å². The number of piperidine rings is 1. The molecule has 17 heavy (non-hydrogen) atoms. The zero-order valence-electron chi connectivity index (χ0n) is 9.89. The molecular formula is C13H18N2O2. The normalized spacial score (nSPS) is 28.9. The summed E-state index contributed by atoms with van der Waals surface area (Å²) in [5.41, 5.74) is 0.624. The van der Waals surface area contributed by atoms with E-state index in [1.807, 2.05) is 0 Å². The zero-order chi connectivity index (χ0) is 11.7. The van der Waals surface area contributed by atoms with Gasteiger partial charge in [-0.2, -0.15) is 0 Å². The van der Waals surface area contributed by atoms with Crippen molar-refractivity contribution in [3.05, 3.63) is 24.2 Å². The predicted octanol–water partition coefficient (Wildman–Crippen LogP) is 1.64. The number of carbonyl (C=O) groups is 1. The van der Waals surface area contributed by atoms with Gasteiger partial charge in [0.1, 0.15) is 6.26 Å². The summed E-state index contributed by atoms with van der Waals surface area (Å²) in [6, 6.07) is 2.58. The van der Waals surface area contributed by atoms with Gasteiger partial charge in [-0.25, -0.2) is 0 Å². The van der Waals surface area contributed by atoms with E-state index < -0.39 is 0 Å². The van der Waals surface area contributed by atoms with Gasteiger partial charge in [-0.1, -0.05) is 6.42 Å². The monoisotopic (exact) mass is 234 g/mol. The molecule has 0 saturated carbocycles. The van der Waals surface area contributed by atoms with E-state index in [-0.39, 0.29) is 5.91 Å². The summed E-state index contributed by atoms with van der Waals surface area (Å²) in [5.74, 6) is -0.00354. The average Bonchev–Trinajstić information content (AvgIpc) is 2.98. The Balaban J connectivity index is 1.64. The van der Waals surface area contributed by atoms with Crippen LogP contribution in [-0.2, 0) is 0 Å². The Morgan fingerprint density at radius 3 is 3.12 bits per heavy atom. The molecule has 1 aromatic rings. The first kappa shape index (κ1) is 10.8. The van der Waals surface area contributed by atoms with Crippen molar-refractivity contribution in [3.63, 3.8) is 0 Å². The standard InChI is InChI=1S/C13H18N2O2/c16-13(10-5-8-17-9-10)14-11-4-7-15-6-2-1-3-12(11)15/h5,8-9,11-12H,1-4,6-7H2,(H,14,16)/t11-,12-/m0/s1. The van der Waals surface area contributed by atoms with Crippen molar-refractivity contribution in [2.75, 3.05) is 13.1 Å². The Kier molecular flexibility index (Phi) is 2.89. The van der Waals surface area contributed by atoms with Crippen molar-refractivity contribution in [2.45, 2.75) is 37.8 Å². The lowest BCUT2D eigenvalue weighted by atomic mass is 9.99. The first-order valence-corrected chi connectivity index (χ1v) is 6.42. The summed E-state index contributed by atoms with van der Waals surface area (Å²) in [6.45, 7) is 2.32. The minimum atomic E-state index is -0.00354. The Morgan fingerprint density at radius 2 is 2.29 bits per heavy atom. The van der Waals surface area contributed by atoms with E-state index in [0.717, 1.165) is 13.0 Å². The van der Waals surface area contributed by atoms with Crippen LogP contribution in [0.3, 0.4) is 0 Å². The summed E-state index contributed by atoms with van der Waals surface area (Å²) in [7, 11) is 0. The fourth-order valence-corrected chi connectivity index (χ4v) is 3.06. The van der Waals surface area contributed by atoms with Gasteiger partial charge in [0.2, 0.25) is 0 Å². The maximum absolute atomic E-state index is 11.9. The number of furan rings is 1. The molecular weight excluding hydrogens is 216 g/mol. The zero-order valence-corrected chi connectivity index (χ0v) is 9.89. The molecule has 1 aromatic heterocycles. The molecule has 0 aromatic carbocycles. The van der Waals surface area contributed by atoms with E-state index in [0.29, 0.717) is 17.6 Å². The second-order valence-electron chi connectivity index (χ2n) is 4.98. The van der Waals surface area contributed by atoms with Crippen LogP contribution in [0.4, 0.5) is 0 Å². The molecule has 2 atom stereocenters. The second-order valence-corrected chi connectivity index (χ2v) is 4.98. The molecule has 0 spiro atoms. The highest BCUT2D eigenvalue weighted by Crippen LogP contribution is 2.27. The molecule has 3 heterocycles. The third-order valence-electron chi connectivity index (χ3n) is 3.96. The highest BCUT2D eigenvalue weighted by Gasteiger charge is 2.36. The first-order chi connectivity index (χ1) is 8.34. The van der Waals surface area contributed by atoms with E-state index in [1.54, 1.807) is 6.07 Å². The number of carbonyl (C=O) groups excluding carboxylic acids is 1. The molecule has 0 aliphatic carbocycles. The van der Waals surface area contributed by atoms with Crippen molar-refractivity contribution in [1.29, 1.82) is 0 Å². The van der Waals surface area contributed by atoms with Gasteiger partial charge in [0.25, 0.3) is 5.91 Å². The number of rotatable bonds is 2. The highest BCUT2D eigenvalue weighted by molar-refractivity contribution is 5.94. The van der Waals surface area contributed by atoms with Crippen LogP contribution in [-0.4, -0.2) is 36.0 Å². The smallest absolute Gasteiger partial charge is 0.254 e. The lowest BCUT2D eigenvalue weighted by molar-refractivity contribution is 0.0914. The molecule has 2 aliphatic rings. The fraction of sp³-hybridized carbons (Fsp3) is 0.615. The Labute approximate surface area is 101 Å². The van der Waals surface area contributed by atoms with Crippen molar-refractivity contribution >= 4 is 5.91 Å². The van der Waals surface area contributed by atoms with Crippen molar-refractivity contribution in [2.24, 2.45) is 0 Å². The van der Waals surface area contributed by atoms with Gasteiger partial charge in [0, 0.05) is 18.6 Å². The van der Waals surface area contributed by atoms with Gasteiger partial charge in [0.05, 0.1) is 11.8 Å². The lowest BCUT2D eigenvalue weighted by Gasteiger charge is -2.32. The number of amides is 1. The molecule has 1 amide bonds. The molecule has 0 unspecified atom stereocenters. The van der Waals surface area contributed by atoms with Gasteiger partial charge in [0.15, 0.2) is 0 Å². The quantitative estimate of drug-likeness (QED) is 0.846. The van der Waals surface area contributed by atoms with Crippen molar-refractivity contribution < 1.29 is 9.21 Å². The number of nitrogens with zero attached hydrogens (tertiary/aromatic N) is 1. The van der Waals surface area contributed by atoms with Crippen LogP contribution in [0.2, 0.25) is 0 Å². The van der Waals surface area contributed by atoms with Crippen molar-refractivity contribution in [1.82, 2.24) is 10.2 Å². The summed E-state index contributed by atoms with van der Waals surface area (Å²) in [4.78, 5) is 14.5. The van der Waals surface area contributed by atoms with Gasteiger partial charge >= 0.3 is 0 Å². The summed E-state index contributed by atoms with van der Waals surface area (Å²) < 4.78 is 4.94. The van der Waals surface area contributed by atoms with Crippen LogP contribution in [0, 0.1) is 0 Å². The predicted molar refractivity (Wildman–Crippen MR) is 63.8 cm³/mol.